The van der Waals surface area contributed by atoms with Gasteiger partial charge in [0, 0.05) is 47.1 Å². The maximum absolute atomic E-state index is 0. The quantitative estimate of drug-likeness (QED) is 0.511. The van der Waals surface area contributed by atoms with Crippen LogP contribution in [0.3, 0.4) is 0 Å². The Morgan fingerprint density at radius 1 is 0.800 bits per heavy atom. The van der Waals surface area contributed by atoms with Crippen molar-refractivity contribution >= 4 is 43.7 Å². The Hall–Kier alpha value is 2.28. The minimum atomic E-state index is 0. The third kappa shape index (κ3) is 22.1. The van der Waals surface area contributed by atoms with Crippen LogP contribution >= 0.6 is 0 Å². The molecule has 0 saturated carbocycles. The summed E-state index contributed by atoms with van der Waals surface area (Å²) >= 11 is 0. The number of rotatable bonds is 0. The van der Waals surface area contributed by atoms with Gasteiger partial charge >= 0.3 is 23.9 Å². The Morgan fingerprint density at radius 2 is 0.800 bits per heavy atom. The van der Waals surface area contributed by atoms with E-state index in [0.717, 1.165) is 0 Å². The minimum absolute atomic E-state index is 0. The Kier molecular flexibility index (Phi) is 373. The molecular formula is CdGaO2Sn. The van der Waals surface area contributed by atoms with Gasteiger partial charge in [-0.2, -0.15) is 0 Å². The monoisotopic (exact) mass is 335 g/mol. The molecule has 0 aliphatic carbocycles. The third-order valence-corrected chi connectivity index (χ3v) is 0. The summed E-state index contributed by atoms with van der Waals surface area (Å²) < 4.78 is 0. The zero-order valence-corrected chi connectivity index (χ0v) is 11.9. The summed E-state index contributed by atoms with van der Waals surface area (Å²) in [6.07, 6.45) is 0. The van der Waals surface area contributed by atoms with E-state index < -0.39 is 0 Å². The van der Waals surface area contributed by atoms with E-state index in [9.17, 15) is 0 Å². The Bertz CT molecular complexity index is 9.61. The normalized spacial score (nSPS) is 0. The fourth-order valence-corrected chi connectivity index (χ4v) is 0. The molecule has 0 aromatic heterocycles. The zero-order valence-electron chi connectivity index (χ0n) is 2.60. The molecule has 0 bridgehead atoms. The second-order valence-electron chi connectivity index (χ2n) is 0. The van der Waals surface area contributed by atoms with Gasteiger partial charge in [-0.25, -0.2) is 0 Å². The minimum Gasteiger partial charge on any atom is -2.00 e. The molecule has 0 amide bonds. The summed E-state index contributed by atoms with van der Waals surface area (Å²) in [7, 11) is 0. The molecule has 2 nitrogen and oxygen atoms in total. The molecule has 5 heteroatoms. The SMILES string of the molecule is [Cd].[Ga].[O-2].[O-2].[Sn+4]. The Morgan fingerprint density at radius 3 is 0.800 bits per heavy atom. The van der Waals surface area contributed by atoms with Crippen molar-refractivity contribution in [1.82, 2.24) is 0 Å². The standard InChI is InChI=1S/Cd.Ga.2O.Sn/q;;2*-2;+4. The molecule has 0 N–H and O–H groups in total. The van der Waals surface area contributed by atoms with Crippen molar-refractivity contribution in [3.8, 4) is 0 Å². The smallest absolute Gasteiger partial charge is 2.00 e. The fourth-order valence-electron chi connectivity index (χ4n) is 0. The molecule has 0 fully saturated rings. The van der Waals surface area contributed by atoms with E-state index in [1.807, 2.05) is 0 Å². The predicted molar refractivity (Wildman–Crippen MR) is 12.9 cm³/mol. The van der Waals surface area contributed by atoms with Crippen molar-refractivity contribution in [3.63, 3.8) is 0 Å². The molecule has 0 atom stereocenters. The summed E-state index contributed by atoms with van der Waals surface area (Å²) in [5.74, 6) is 0. The van der Waals surface area contributed by atoms with Crippen LogP contribution in [0, 0.1) is 0 Å². The average molecular weight is 333 g/mol. The first-order chi connectivity index (χ1) is 0. The molecule has 21 valence electrons. The Labute approximate surface area is 80.9 Å². The van der Waals surface area contributed by atoms with Crippen molar-refractivity contribution in [2.45, 2.75) is 0 Å². The summed E-state index contributed by atoms with van der Waals surface area (Å²) in [6.45, 7) is 0. The maximum atomic E-state index is 0. The Balaban J connectivity index is 0. The van der Waals surface area contributed by atoms with Gasteiger partial charge in [-0.3, -0.25) is 0 Å². The summed E-state index contributed by atoms with van der Waals surface area (Å²) in [4.78, 5) is 0. The van der Waals surface area contributed by atoms with Crippen LogP contribution in [0.2, 0.25) is 0 Å². The van der Waals surface area contributed by atoms with Gasteiger partial charge in [0.05, 0.1) is 0 Å². The average Bonchev–Trinajstić information content (AvgIpc) is 0. The van der Waals surface area contributed by atoms with Crippen LogP contribution in [0.15, 0.2) is 0 Å². The van der Waals surface area contributed by atoms with Gasteiger partial charge in [0.2, 0.25) is 0 Å². The van der Waals surface area contributed by atoms with Crippen molar-refractivity contribution in [1.29, 1.82) is 0 Å². The second kappa shape index (κ2) is 33.7. The van der Waals surface area contributed by atoms with E-state index in [0.29, 0.717) is 0 Å². The van der Waals surface area contributed by atoms with Gasteiger partial charge in [0.15, 0.2) is 0 Å². The van der Waals surface area contributed by atoms with Gasteiger partial charge in [-0.15, -0.1) is 0 Å². The third-order valence-electron chi connectivity index (χ3n) is 0. The van der Waals surface area contributed by atoms with Crippen molar-refractivity contribution in [2.24, 2.45) is 0 Å². The molecule has 0 heterocycles. The molecule has 0 saturated heterocycles. The predicted octanol–water partition coefficient (Wildman–Crippen LogP) is -1.00. The molecule has 0 unspecified atom stereocenters. The summed E-state index contributed by atoms with van der Waals surface area (Å²) in [5, 5.41) is 0. The van der Waals surface area contributed by atoms with E-state index in [1.54, 1.807) is 0 Å². The maximum Gasteiger partial charge on any atom is 4.00 e. The van der Waals surface area contributed by atoms with Crippen molar-refractivity contribution in [2.75, 3.05) is 0 Å². The van der Waals surface area contributed by atoms with Gasteiger partial charge in [-0.05, 0) is 0 Å². The first kappa shape index (κ1) is 55.3. The van der Waals surface area contributed by atoms with E-state index >= 15 is 0 Å². The van der Waals surface area contributed by atoms with Crippen molar-refractivity contribution in [3.05, 3.63) is 0 Å². The molecule has 0 aromatic carbocycles. The van der Waals surface area contributed by atoms with E-state index in [-0.39, 0.29) is 81.9 Å². The molecule has 0 rings (SSSR count). The molecule has 0 aliphatic heterocycles. The van der Waals surface area contributed by atoms with Crippen LogP contribution in [0.25, 0.3) is 0 Å². The van der Waals surface area contributed by atoms with Crippen molar-refractivity contribution < 1.29 is 38.3 Å². The van der Waals surface area contributed by atoms with Gasteiger partial charge < -0.3 is 11.0 Å². The molecule has 5 heavy (non-hydrogen) atoms. The van der Waals surface area contributed by atoms with Crippen LogP contribution < -0.4 is 0 Å². The second-order valence-corrected chi connectivity index (χ2v) is 0. The van der Waals surface area contributed by atoms with Crippen LogP contribution in [0.4, 0.5) is 0 Å². The molecular weight excluding hydrogens is 333 g/mol. The molecule has 3 radical (unpaired) electrons. The van der Waals surface area contributed by atoms with E-state index in [4.69, 9.17) is 0 Å². The number of hydrogen-bond donors (Lipinski definition) is 0. The van der Waals surface area contributed by atoms with Gasteiger partial charge in [-0.1, -0.05) is 0 Å². The van der Waals surface area contributed by atoms with Gasteiger partial charge in [0.25, 0.3) is 0 Å². The topological polar surface area (TPSA) is 57.0 Å². The zero-order chi connectivity index (χ0) is 0. The largest absolute Gasteiger partial charge is 4.00 e. The number of hydrogen-bond acceptors (Lipinski definition) is 0. The van der Waals surface area contributed by atoms with E-state index in [1.165, 1.54) is 0 Å². The van der Waals surface area contributed by atoms with Gasteiger partial charge in [0.1, 0.15) is 0 Å². The molecule has 0 spiro atoms. The summed E-state index contributed by atoms with van der Waals surface area (Å²) in [6, 6.07) is 0. The van der Waals surface area contributed by atoms with Crippen LogP contribution in [0.1, 0.15) is 0 Å². The summed E-state index contributed by atoms with van der Waals surface area (Å²) in [5.41, 5.74) is 0. The fraction of sp³-hybridized carbons (Fsp3) is 0. The van der Waals surface area contributed by atoms with Crippen LogP contribution in [-0.4, -0.2) is 43.7 Å². The van der Waals surface area contributed by atoms with Crippen LogP contribution in [-0.2, 0) is 38.3 Å². The van der Waals surface area contributed by atoms with E-state index in [2.05, 4.69) is 0 Å². The molecule has 0 aromatic rings. The first-order valence-electron chi connectivity index (χ1n) is 0. The first-order valence-corrected chi connectivity index (χ1v) is 0. The molecule has 0 aliphatic rings. The van der Waals surface area contributed by atoms with Crippen LogP contribution in [0.5, 0.6) is 0 Å².